The number of carboxylic acids is 1. The van der Waals surface area contributed by atoms with E-state index in [0.717, 1.165) is 39.6 Å². The van der Waals surface area contributed by atoms with Crippen molar-refractivity contribution < 1.29 is 19.5 Å². The Balaban J connectivity index is 1.55. The smallest absolute Gasteiger partial charge is 0.315 e. The van der Waals surface area contributed by atoms with E-state index in [1.807, 2.05) is 97.2 Å². The van der Waals surface area contributed by atoms with Crippen LogP contribution in [-0.2, 0) is 22.7 Å². The van der Waals surface area contributed by atoms with Gasteiger partial charge in [0.1, 0.15) is 6.04 Å². The summed E-state index contributed by atoms with van der Waals surface area (Å²) < 4.78 is 0. The summed E-state index contributed by atoms with van der Waals surface area (Å²) in [5.74, 6) is -1.19. The van der Waals surface area contributed by atoms with Crippen molar-refractivity contribution in [3.8, 4) is 0 Å². The number of benzene rings is 3. The van der Waals surface area contributed by atoms with Crippen LogP contribution in [0.25, 0.3) is 10.8 Å². The quantitative estimate of drug-likeness (QED) is 0.175. The fourth-order valence-corrected chi connectivity index (χ4v) is 5.54. The lowest BCUT2D eigenvalue weighted by Gasteiger charge is -2.29. The molecule has 3 N–H and O–H groups in total. The Labute approximate surface area is 238 Å². The lowest BCUT2D eigenvalue weighted by molar-refractivity contribution is -0.137. The summed E-state index contributed by atoms with van der Waals surface area (Å²) >= 11 is 1.59. The average molecular weight is 558 g/mol. The highest BCUT2D eigenvalue weighted by Crippen LogP contribution is 2.26. The molecule has 40 heavy (non-hydrogen) atoms. The van der Waals surface area contributed by atoms with E-state index in [1.165, 1.54) is 0 Å². The van der Waals surface area contributed by atoms with Gasteiger partial charge in [-0.1, -0.05) is 98.6 Å². The van der Waals surface area contributed by atoms with Crippen molar-refractivity contribution in [1.82, 2.24) is 15.5 Å². The molecule has 0 fully saturated rings. The maximum atomic E-state index is 13.9. The van der Waals surface area contributed by atoms with Crippen molar-refractivity contribution in [2.24, 2.45) is 0 Å². The highest BCUT2D eigenvalue weighted by Gasteiger charge is 2.28. The van der Waals surface area contributed by atoms with Crippen LogP contribution in [0.4, 0.5) is 4.79 Å². The summed E-state index contributed by atoms with van der Waals surface area (Å²) in [7, 11) is 0. The Hall–Kier alpha value is -4.17. The molecule has 4 rings (SSSR count). The Bertz CT molecular complexity index is 1400. The number of thiophene rings is 1. The van der Waals surface area contributed by atoms with Crippen molar-refractivity contribution in [1.29, 1.82) is 0 Å². The van der Waals surface area contributed by atoms with Crippen LogP contribution in [0.1, 0.15) is 54.7 Å². The monoisotopic (exact) mass is 557 g/mol. The second kappa shape index (κ2) is 14.3. The second-order valence-corrected chi connectivity index (χ2v) is 10.8. The third kappa shape index (κ3) is 7.93. The fraction of sp³-hybridized carbons (Fsp3) is 0.281. The Morgan fingerprint density at radius 3 is 2.35 bits per heavy atom. The van der Waals surface area contributed by atoms with Crippen molar-refractivity contribution in [2.75, 3.05) is 0 Å². The molecular formula is C32H35N3O4S. The predicted molar refractivity (Wildman–Crippen MR) is 159 cm³/mol. The minimum Gasteiger partial charge on any atom is -0.481 e. The summed E-state index contributed by atoms with van der Waals surface area (Å²) in [5.41, 5.74) is 1.72. The van der Waals surface area contributed by atoms with E-state index in [4.69, 9.17) is 0 Å². The lowest BCUT2D eigenvalue weighted by atomic mass is 9.97. The number of carbonyl (C=O) groups excluding carboxylic acids is 2. The molecule has 1 aromatic heterocycles. The molecule has 0 radical (unpaired) electrons. The van der Waals surface area contributed by atoms with Gasteiger partial charge in [0.2, 0.25) is 5.91 Å². The molecule has 2 atom stereocenters. The van der Waals surface area contributed by atoms with Gasteiger partial charge in [0, 0.05) is 11.4 Å². The first-order chi connectivity index (χ1) is 19.4. The number of aliphatic carboxylic acids is 1. The van der Waals surface area contributed by atoms with Crippen LogP contribution in [0.15, 0.2) is 90.3 Å². The highest BCUT2D eigenvalue weighted by molar-refractivity contribution is 7.09. The molecule has 7 nitrogen and oxygen atoms in total. The van der Waals surface area contributed by atoms with Gasteiger partial charge in [-0.25, -0.2) is 4.79 Å². The van der Waals surface area contributed by atoms with Crippen LogP contribution in [0.5, 0.6) is 0 Å². The first-order valence-electron chi connectivity index (χ1n) is 13.6. The van der Waals surface area contributed by atoms with Gasteiger partial charge in [-0.15, -0.1) is 11.3 Å². The van der Waals surface area contributed by atoms with Gasteiger partial charge in [0.05, 0.1) is 19.0 Å². The number of rotatable bonds is 13. The maximum absolute atomic E-state index is 13.9. The minimum absolute atomic E-state index is 0.166. The molecule has 208 valence electrons. The number of fused-ring (bicyclic) bond motifs is 1. The molecule has 0 spiro atoms. The second-order valence-electron chi connectivity index (χ2n) is 9.79. The van der Waals surface area contributed by atoms with E-state index < -0.39 is 24.1 Å². The molecule has 8 heteroatoms. The van der Waals surface area contributed by atoms with E-state index in [9.17, 15) is 19.5 Å². The summed E-state index contributed by atoms with van der Waals surface area (Å²) in [6, 6.07) is 25.0. The van der Waals surface area contributed by atoms with Crippen LogP contribution in [0.2, 0.25) is 0 Å². The molecule has 1 heterocycles. The first-order valence-corrected chi connectivity index (χ1v) is 14.4. The van der Waals surface area contributed by atoms with Crippen molar-refractivity contribution in [3.63, 3.8) is 0 Å². The van der Waals surface area contributed by atoms with Gasteiger partial charge < -0.3 is 20.6 Å². The number of carbonyl (C=O) groups is 3. The maximum Gasteiger partial charge on any atom is 0.315 e. The fourth-order valence-electron chi connectivity index (χ4n) is 4.82. The number of carboxylic acid groups (broad SMARTS) is 1. The van der Waals surface area contributed by atoms with E-state index in [-0.39, 0.29) is 12.3 Å². The molecule has 0 saturated carbocycles. The largest absolute Gasteiger partial charge is 0.481 e. The molecule has 0 aliphatic carbocycles. The predicted octanol–water partition coefficient (Wildman–Crippen LogP) is 6.50. The van der Waals surface area contributed by atoms with E-state index in [0.29, 0.717) is 19.5 Å². The number of nitrogens with one attached hydrogen (secondary N) is 2. The van der Waals surface area contributed by atoms with Crippen molar-refractivity contribution in [2.45, 2.75) is 57.8 Å². The zero-order chi connectivity index (χ0) is 28.3. The number of unbranched alkanes of at least 4 members (excludes halogenated alkanes) is 1. The Morgan fingerprint density at radius 2 is 1.62 bits per heavy atom. The number of hydrogen-bond donors (Lipinski definition) is 3. The normalized spacial score (nSPS) is 12.4. The van der Waals surface area contributed by atoms with Crippen LogP contribution in [-0.4, -0.2) is 34.0 Å². The summed E-state index contributed by atoms with van der Waals surface area (Å²) in [6.45, 7) is 2.90. The first kappa shape index (κ1) is 28.8. The lowest BCUT2D eigenvalue weighted by Crippen LogP contribution is -2.51. The van der Waals surface area contributed by atoms with E-state index >= 15 is 0 Å². The molecular weight excluding hydrogens is 522 g/mol. The van der Waals surface area contributed by atoms with Gasteiger partial charge in [0.25, 0.3) is 0 Å². The molecule has 3 amide bonds. The number of amides is 3. The SMILES string of the molecule is CCCC[C@H](NC(=O)N[C@@H](CC(=O)O)c1cccc2ccccc12)C(=O)N(Cc1ccccc1)Cc1cccs1. The Morgan fingerprint density at radius 1 is 0.875 bits per heavy atom. The zero-order valence-electron chi connectivity index (χ0n) is 22.6. The average Bonchev–Trinajstić information content (AvgIpc) is 3.47. The minimum atomic E-state index is -1.03. The third-order valence-electron chi connectivity index (χ3n) is 6.79. The van der Waals surface area contributed by atoms with Gasteiger partial charge in [-0.3, -0.25) is 9.59 Å². The van der Waals surface area contributed by atoms with E-state index in [2.05, 4.69) is 10.6 Å². The van der Waals surface area contributed by atoms with Gasteiger partial charge in [-0.05, 0) is 39.8 Å². The molecule has 0 saturated heterocycles. The van der Waals surface area contributed by atoms with Gasteiger partial charge in [-0.2, -0.15) is 0 Å². The topological polar surface area (TPSA) is 98.7 Å². The van der Waals surface area contributed by atoms with Crippen LogP contribution >= 0.6 is 11.3 Å². The third-order valence-corrected chi connectivity index (χ3v) is 7.65. The molecule has 0 unspecified atom stereocenters. The molecule has 4 aromatic rings. The molecule has 0 bridgehead atoms. The highest BCUT2D eigenvalue weighted by atomic mass is 32.1. The number of nitrogens with zero attached hydrogens (tertiary/aromatic N) is 1. The molecule has 3 aromatic carbocycles. The summed E-state index contributed by atoms with van der Waals surface area (Å²) in [5, 5.41) is 19.2. The van der Waals surface area contributed by atoms with Crippen LogP contribution in [0.3, 0.4) is 0 Å². The van der Waals surface area contributed by atoms with E-state index in [1.54, 1.807) is 16.2 Å². The summed E-state index contributed by atoms with van der Waals surface area (Å²) in [4.78, 5) is 41.8. The standard InChI is InChI=1S/C32H35N3O4S/c1-2-3-18-28(31(38)35(22-25-15-10-19-40-25)21-23-11-5-4-6-12-23)33-32(39)34-29(20-30(36)37)27-17-9-14-24-13-7-8-16-26(24)27/h4-17,19,28-29H,2-3,18,20-22H2,1H3,(H,36,37)(H2,33,34,39)/t28-,29-/m0/s1. The van der Waals surface area contributed by atoms with Crippen LogP contribution < -0.4 is 10.6 Å². The van der Waals surface area contributed by atoms with Gasteiger partial charge >= 0.3 is 12.0 Å². The van der Waals surface area contributed by atoms with Crippen molar-refractivity contribution in [3.05, 3.63) is 106 Å². The number of hydrogen-bond acceptors (Lipinski definition) is 4. The van der Waals surface area contributed by atoms with Crippen molar-refractivity contribution >= 4 is 40.0 Å². The zero-order valence-corrected chi connectivity index (χ0v) is 23.4. The molecule has 0 aliphatic heterocycles. The van der Waals surface area contributed by atoms with Gasteiger partial charge in [0.15, 0.2) is 0 Å². The van der Waals surface area contributed by atoms with Crippen LogP contribution in [0, 0.1) is 0 Å². The number of urea groups is 1. The summed E-state index contributed by atoms with van der Waals surface area (Å²) in [6.07, 6.45) is 1.83. The molecule has 0 aliphatic rings. The Kier molecular flexibility index (Phi) is 10.3.